The van der Waals surface area contributed by atoms with Gasteiger partial charge in [-0.05, 0) is 67.8 Å². The van der Waals surface area contributed by atoms with Crippen LogP contribution in [-0.2, 0) is 4.79 Å². The predicted octanol–water partition coefficient (Wildman–Crippen LogP) is 4.09. The van der Waals surface area contributed by atoms with Gasteiger partial charge in [-0.3, -0.25) is 4.79 Å². The monoisotopic (exact) mass is 369 g/mol. The minimum absolute atomic E-state index is 0.128. The predicted molar refractivity (Wildman–Crippen MR) is 104 cm³/mol. The average Bonchev–Trinajstić information content (AvgIpc) is 3.27. The number of carbonyl (C=O) groups is 1. The SMILES string of the molecule is CN1C(=O)C=C[C@]2(C)[C@H]3CC[C@]4(C)[C@@H](Nc5cnco5)CC[C@H]4[C@@H]3CC[C@@H]12. The Morgan fingerprint density at radius 1 is 1.19 bits per heavy atom. The molecular weight excluding hydrogens is 338 g/mol. The van der Waals surface area contributed by atoms with E-state index >= 15 is 0 Å². The van der Waals surface area contributed by atoms with Gasteiger partial charge in [-0.15, -0.1) is 0 Å². The lowest BCUT2D eigenvalue weighted by molar-refractivity contribution is -0.138. The van der Waals surface area contributed by atoms with Crippen molar-refractivity contribution >= 4 is 11.8 Å². The number of nitrogens with one attached hydrogen (secondary N) is 1. The molecule has 1 aromatic rings. The lowest BCUT2D eigenvalue weighted by Gasteiger charge is -2.60. The van der Waals surface area contributed by atoms with Crippen LogP contribution in [0.15, 0.2) is 29.2 Å². The molecule has 3 aliphatic carbocycles. The van der Waals surface area contributed by atoms with E-state index < -0.39 is 0 Å². The van der Waals surface area contributed by atoms with Gasteiger partial charge >= 0.3 is 0 Å². The number of aromatic nitrogens is 1. The molecule has 4 aliphatic rings. The molecule has 1 N–H and O–H groups in total. The molecule has 7 atom stereocenters. The highest BCUT2D eigenvalue weighted by molar-refractivity contribution is 5.89. The van der Waals surface area contributed by atoms with Crippen molar-refractivity contribution in [3.8, 4) is 0 Å². The summed E-state index contributed by atoms with van der Waals surface area (Å²) in [6, 6.07) is 0.832. The highest BCUT2D eigenvalue weighted by Gasteiger charge is 2.60. The highest BCUT2D eigenvalue weighted by atomic mass is 16.4. The summed E-state index contributed by atoms with van der Waals surface area (Å²) in [4.78, 5) is 18.3. The fourth-order valence-electron chi connectivity index (χ4n) is 7.43. The van der Waals surface area contributed by atoms with Gasteiger partial charge < -0.3 is 14.6 Å². The Morgan fingerprint density at radius 3 is 2.81 bits per heavy atom. The normalized spacial score (nSPS) is 46.0. The topological polar surface area (TPSA) is 58.4 Å². The maximum absolute atomic E-state index is 12.2. The fraction of sp³-hybridized carbons (Fsp3) is 0.727. The van der Waals surface area contributed by atoms with E-state index in [-0.39, 0.29) is 11.3 Å². The standard InChI is InChI=1S/C22H31N3O2/c1-21-10-8-16-14(4-7-18-22(16,2)11-9-20(26)25(18)3)15(21)5-6-17(21)24-19-12-23-13-27-19/h9,11-18,24H,4-8,10H2,1-3H3/t14-,15-,16-,17-,18+,21-,22+/m0/s1. The van der Waals surface area contributed by atoms with Crippen molar-refractivity contribution in [2.24, 2.45) is 28.6 Å². The molecule has 1 aliphatic heterocycles. The molecule has 1 amide bonds. The smallest absolute Gasteiger partial charge is 0.246 e. The first-order chi connectivity index (χ1) is 12.9. The Kier molecular flexibility index (Phi) is 3.76. The third-order valence-corrected chi connectivity index (χ3v) is 8.88. The number of hydrogen-bond donors (Lipinski definition) is 1. The quantitative estimate of drug-likeness (QED) is 0.853. The van der Waals surface area contributed by atoms with Crippen LogP contribution < -0.4 is 5.32 Å². The second kappa shape index (κ2) is 5.86. The fourth-order valence-corrected chi connectivity index (χ4v) is 7.43. The van der Waals surface area contributed by atoms with Gasteiger partial charge in [0.15, 0.2) is 6.39 Å². The molecular formula is C22H31N3O2. The van der Waals surface area contributed by atoms with Crippen molar-refractivity contribution in [3.05, 3.63) is 24.7 Å². The van der Waals surface area contributed by atoms with Gasteiger partial charge in [-0.25, -0.2) is 4.98 Å². The Morgan fingerprint density at radius 2 is 2.04 bits per heavy atom. The zero-order valence-electron chi connectivity index (χ0n) is 16.6. The van der Waals surface area contributed by atoms with Crippen molar-refractivity contribution < 1.29 is 9.21 Å². The number of nitrogens with zero attached hydrogens (tertiary/aromatic N) is 2. The summed E-state index contributed by atoms with van der Waals surface area (Å²) in [5.41, 5.74) is 0.445. The second-order valence-corrected chi connectivity index (χ2v) is 9.80. The maximum atomic E-state index is 12.2. The highest BCUT2D eigenvalue weighted by Crippen LogP contribution is 2.64. The van der Waals surface area contributed by atoms with Crippen LogP contribution in [0.25, 0.3) is 0 Å². The van der Waals surface area contributed by atoms with E-state index in [4.69, 9.17) is 4.42 Å². The van der Waals surface area contributed by atoms with Crippen LogP contribution >= 0.6 is 0 Å². The van der Waals surface area contributed by atoms with E-state index in [9.17, 15) is 4.79 Å². The average molecular weight is 370 g/mol. The number of oxazole rings is 1. The molecule has 0 spiro atoms. The summed E-state index contributed by atoms with van der Waals surface area (Å²) in [7, 11) is 1.99. The summed E-state index contributed by atoms with van der Waals surface area (Å²) in [5, 5.41) is 3.64. The summed E-state index contributed by atoms with van der Waals surface area (Å²) in [6.45, 7) is 4.91. The van der Waals surface area contributed by atoms with Crippen molar-refractivity contribution in [1.29, 1.82) is 0 Å². The third kappa shape index (κ3) is 2.36. The van der Waals surface area contributed by atoms with Crippen molar-refractivity contribution in [2.45, 2.75) is 64.5 Å². The summed E-state index contributed by atoms with van der Waals surface area (Å²) in [6.07, 6.45) is 14.8. The lowest BCUT2D eigenvalue weighted by Crippen LogP contribution is -2.60. The molecule has 5 heteroatoms. The van der Waals surface area contributed by atoms with Crippen molar-refractivity contribution in [1.82, 2.24) is 9.88 Å². The Labute approximate surface area is 161 Å². The molecule has 146 valence electrons. The van der Waals surface area contributed by atoms with Crippen LogP contribution in [0.2, 0.25) is 0 Å². The zero-order chi connectivity index (χ0) is 18.8. The summed E-state index contributed by atoms with van der Waals surface area (Å²) in [5.74, 6) is 3.18. The molecule has 27 heavy (non-hydrogen) atoms. The lowest BCUT2D eigenvalue weighted by atomic mass is 9.48. The summed E-state index contributed by atoms with van der Waals surface area (Å²) < 4.78 is 5.47. The van der Waals surface area contributed by atoms with Crippen molar-refractivity contribution in [3.63, 3.8) is 0 Å². The first-order valence-electron chi connectivity index (χ1n) is 10.5. The van der Waals surface area contributed by atoms with Gasteiger partial charge in [0.2, 0.25) is 11.8 Å². The molecule has 1 aromatic heterocycles. The number of likely N-dealkylation sites (N-methyl/N-ethyl adjacent to an activating group) is 1. The molecule has 5 rings (SSSR count). The van der Waals surface area contributed by atoms with Crippen molar-refractivity contribution in [2.75, 3.05) is 12.4 Å². The Bertz CT molecular complexity index is 760. The third-order valence-electron chi connectivity index (χ3n) is 8.88. The Balaban J connectivity index is 1.42. The number of hydrogen-bond acceptors (Lipinski definition) is 4. The number of carbonyl (C=O) groups excluding carboxylic acids is 1. The van der Waals surface area contributed by atoms with E-state index in [0.717, 1.165) is 24.1 Å². The molecule has 0 bridgehead atoms. The molecule has 2 heterocycles. The zero-order valence-corrected chi connectivity index (χ0v) is 16.6. The molecule has 3 fully saturated rings. The van der Waals surface area contributed by atoms with E-state index in [2.05, 4.69) is 30.2 Å². The maximum Gasteiger partial charge on any atom is 0.246 e. The van der Waals surface area contributed by atoms with E-state index in [1.165, 1.54) is 38.5 Å². The van der Waals surface area contributed by atoms with Crippen LogP contribution in [0.5, 0.6) is 0 Å². The number of rotatable bonds is 2. The van der Waals surface area contributed by atoms with Gasteiger partial charge in [0.1, 0.15) is 0 Å². The second-order valence-electron chi connectivity index (χ2n) is 9.80. The first kappa shape index (κ1) is 17.3. The van der Waals surface area contributed by atoms with Crippen LogP contribution in [-0.4, -0.2) is 34.9 Å². The summed E-state index contributed by atoms with van der Waals surface area (Å²) >= 11 is 0. The molecule has 0 aromatic carbocycles. The molecule has 0 radical (unpaired) electrons. The number of fused-ring (bicyclic) bond motifs is 5. The van der Waals surface area contributed by atoms with Crippen LogP contribution in [0.4, 0.5) is 5.88 Å². The Hall–Kier alpha value is -1.78. The van der Waals surface area contributed by atoms with Gasteiger partial charge in [-0.2, -0.15) is 0 Å². The minimum Gasteiger partial charge on any atom is -0.428 e. The number of anilines is 1. The van der Waals surface area contributed by atoms with E-state index in [0.29, 0.717) is 23.4 Å². The van der Waals surface area contributed by atoms with Crippen LogP contribution in [0, 0.1) is 28.6 Å². The number of amides is 1. The van der Waals surface area contributed by atoms with Gasteiger partial charge in [0.05, 0.1) is 6.20 Å². The molecule has 0 saturated heterocycles. The molecule has 3 saturated carbocycles. The van der Waals surface area contributed by atoms with E-state index in [1.807, 2.05) is 18.0 Å². The molecule has 0 unspecified atom stereocenters. The first-order valence-corrected chi connectivity index (χ1v) is 10.5. The van der Waals surface area contributed by atoms with Gasteiger partial charge in [-0.1, -0.05) is 19.9 Å². The van der Waals surface area contributed by atoms with E-state index in [1.54, 1.807) is 6.20 Å². The van der Waals surface area contributed by atoms with Crippen LogP contribution in [0.1, 0.15) is 52.4 Å². The van der Waals surface area contributed by atoms with Gasteiger partial charge in [0, 0.05) is 24.5 Å². The minimum atomic E-state index is 0.128. The van der Waals surface area contributed by atoms with Gasteiger partial charge in [0.25, 0.3) is 0 Å². The van der Waals surface area contributed by atoms with Crippen LogP contribution in [0.3, 0.4) is 0 Å². The molecule has 5 nitrogen and oxygen atoms in total. The largest absolute Gasteiger partial charge is 0.428 e.